The highest BCUT2D eigenvalue weighted by molar-refractivity contribution is 7.90. The minimum atomic E-state index is -3.75. The number of rotatable bonds is 5. The van der Waals surface area contributed by atoms with E-state index in [-0.39, 0.29) is 12.2 Å². The smallest absolute Gasteiger partial charge is 0.322 e. The van der Waals surface area contributed by atoms with Crippen LogP contribution in [0.1, 0.15) is 26.3 Å². The van der Waals surface area contributed by atoms with E-state index in [1.807, 2.05) is 0 Å². The summed E-state index contributed by atoms with van der Waals surface area (Å²) in [6, 6.07) is 4.70. The van der Waals surface area contributed by atoms with E-state index in [4.69, 9.17) is 10.2 Å². The number of carboxylic acid groups (broad SMARTS) is 1. The van der Waals surface area contributed by atoms with Crippen LogP contribution in [0, 0.1) is 0 Å². The first-order valence-corrected chi connectivity index (χ1v) is 7.54. The molecule has 0 heterocycles. The number of carboxylic acids is 1. The first-order chi connectivity index (χ1) is 9.03. The molecule has 0 saturated heterocycles. The summed E-state index contributed by atoms with van der Waals surface area (Å²) in [5.41, 5.74) is 0.617. The van der Waals surface area contributed by atoms with Crippen molar-refractivity contribution in [3.63, 3.8) is 0 Å². The summed E-state index contributed by atoms with van der Waals surface area (Å²) in [5, 5.41) is 18.3. The number of hydrogen-bond acceptors (Lipinski definition) is 4. The summed E-state index contributed by atoms with van der Waals surface area (Å²) in [6.45, 7) is 4.48. The first-order valence-electron chi connectivity index (χ1n) is 6.05. The monoisotopic (exact) mass is 301 g/mol. The lowest BCUT2D eigenvalue weighted by Crippen LogP contribution is -2.48. The van der Waals surface area contributed by atoms with Crippen LogP contribution in [0.15, 0.2) is 24.3 Å². The van der Waals surface area contributed by atoms with Crippen LogP contribution < -0.4 is 4.72 Å². The average Bonchev–Trinajstić information content (AvgIpc) is 2.29. The molecule has 0 saturated carbocycles. The van der Waals surface area contributed by atoms with Gasteiger partial charge in [0.2, 0.25) is 10.0 Å². The molecule has 0 amide bonds. The molecule has 0 aliphatic carbocycles. The molecule has 7 heteroatoms. The van der Waals surface area contributed by atoms with Crippen molar-refractivity contribution in [1.82, 2.24) is 4.72 Å². The largest absolute Gasteiger partial charge is 0.508 e. The van der Waals surface area contributed by atoms with E-state index >= 15 is 0 Å². The zero-order chi connectivity index (χ0) is 15.6. The summed E-state index contributed by atoms with van der Waals surface area (Å²) in [4.78, 5) is 11.2. The fourth-order valence-corrected chi connectivity index (χ4v) is 2.32. The molecule has 0 radical (unpaired) electrons. The fraction of sp³-hybridized carbons (Fsp3) is 0.462. The van der Waals surface area contributed by atoms with Crippen LogP contribution in [0.5, 0.6) is 5.75 Å². The minimum absolute atomic E-state index is 0.00488. The molecule has 3 N–H and O–H groups in total. The number of nitrogens with one attached hydrogen (secondary N) is 1. The molecule has 1 unspecified atom stereocenters. The van der Waals surface area contributed by atoms with Gasteiger partial charge >= 0.3 is 5.97 Å². The molecule has 0 aliphatic rings. The number of aliphatic carboxylic acids is 1. The minimum Gasteiger partial charge on any atom is -0.508 e. The molecule has 1 rings (SSSR count). The van der Waals surface area contributed by atoms with Gasteiger partial charge in [0.15, 0.2) is 0 Å². The zero-order valence-corrected chi connectivity index (χ0v) is 12.4. The Hall–Kier alpha value is -1.60. The average molecular weight is 301 g/mol. The molecule has 0 aliphatic heterocycles. The van der Waals surface area contributed by atoms with Crippen LogP contribution in [0.4, 0.5) is 0 Å². The van der Waals surface area contributed by atoms with Crippen LogP contribution >= 0.6 is 0 Å². The topological polar surface area (TPSA) is 104 Å². The van der Waals surface area contributed by atoms with Gasteiger partial charge in [0.05, 0.1) is 4.75 Å². The molecule has 6 nitrogen and oxygen atoms in total. The van der Waals surface area contributed by atoms with Gasteiger partial charge in [-0.05, 0) is 44.9 Å². The van der Waals surface area contributed by atoms with E-state index in [0.717, 1.165) is 0 Å². The summed E-state index contributed by atoms with van der Waals surface area (Å²) in [6.07, 6.45) is 0.00488. The van der Waals surface area contributed by atoms with E-state index < -0.39 is 26.8 Å². The number of aromatic hydroxyl groups is 1. The second-order valence-corrected chi connectivity index (χ2v) is 7.96. The summed E-state index contributed by atoms with van der Waals surface area (Å²) in [7, 11) is -3.75. The molecule has 20 heavy (non-hydrogen) atoms. The summed E-state index contributed by atoms with van der Waals surface area (Å²) < 4.78 is 25.1. The van der Waals surface area contributed by atoms with Gasteiger partial charge in [0.1, 0.15) is 11.8 Å². The highest BCUT2D eigenvalue weighted by atomic mass is 32.2. The number of hydrogen-bond donors (Lipinski definition) is 3. The van der Waals surface area contributed by atoms with Gasteiger partial charge in [-0.25, -0.2) is 13.1 Å². The predicted octanol–water partition coefficient (Wildman–Crippen LogP) is 1.11. The van der Waals surface area contributed by atoms with Gasteiger partial charge in [-0.15, -0.1) is 0 Å². The van der Waals surface area contributed by atoms with E-state index in [1.165, 1.54) is 32.9 Å². The Balaban J connectivity index is 2.92. The maximum absolute atomic E-state index is 12.0. The Morgan fingerprint density at radius 1 is 1.25 bits per heavy atom. The Morgan fingerprint density at radius 2 is 1.75 bits per heavy atom. The van der Waals surface area contributed by atoms with Crippen LogP contribution in [0.2, 0.25) is 0 Å². The molecule has 0 bridgehead atoms. The lowest BCUT2D eigenvalue weighted by Gasteiger charge is -2.23. The maximum Gasteiger partial charge on any atom is 0.322 e. The van der Waals surface area contributed by atoms with Crippen LogP contribution in [-0.2, 0) is 21.2 Å². The summed E-state index contributed by atoms with van der Waals surface area (Å²) >= 11 is 0. The lowest BCUT2D eigenvalue weighted by molar-refractivity contribution is -0.138. The maximum atomic E-state index is 12.0. The van der Waals surface area contributed by atoms with Crippen LogP contribution in [0.25, 0.3) is 0 Å². The number of carbonyl (C=O) groups is 1. The molecule has 1 aromatic carbocycles. The van der Waals surface area contributed by atoms with E-state index in [9.17, 15) is 13.2 Å². The van der Waals surface area contributed by atoms with Gasteiger partial charge in [-0.2, -0.15) is 0 Å². The van der Waals surface area contributed by atoms with E-state index in [2.05, 4.69) is 4.72 Å². The molecular weight excluding hydrogens is 282 g/mol. The summed E-state index contributed by atoms with van der Waals surface area (Å²) in [5.74, 6) is -1.18. The normalized spacial score (nSPS) is 13.9. The third-order valence-electron chi connectivity index (χ3n) is 2.78. The van der Waals surface area contributed by atoms with Gasteiger partial charge in [0, 0.05) is 0 Å². The number of benzene rings is 1. The van der Waals surface area contributed by atoms with Gasteiger partial charge in [0.25, 0.3) is 0 Å². The van der Waals surface area contributed by atoms with Crippen molar-refractivity contribution in [2.24, 2.45) is 0 Å². The van der Waals surface area contributed by atoms with Crippen LogP contribution in [-0.4, -0.2) is 35.4 Å². The molecule has 1 atom stereocenters. The second-order valence-electron chi connectivity index (χ2n) is 5.50. The third kappa shape index (κ3) is 4.21. The van der Waals surface area contributed by atoms with Crippen molar-refractivity contribution in [2.75, 3.05) is 0 Å². The van der Waals surface area contributed by atoms with Gasteiger partial charge < -0.3 is 10.2 Å². The Labute approximate surface area is 118 Å². The van der Waals surface area contributed by atoms with Crippen molar-refractivity contribution >= 4 is 16.0 Å². The van der Waals surface area contributed by atoms with E-state index in [0.29, 0.717) is 5.56 Å². The standard InChI is InChI=1S/C13H19NO5S/c1-13(2,3)20(18,19)14-11(12(16)17)8-9-4-6-10(15)7-5-9/h4-7,11,14-15H,8H2,1-3H3,(H,16,17). The number of phenols is 1. The molecule has 112 valence electrons. The van der Waals surface area contributed by atoms with Gasteiger partial charge in [-0.1, -0.05) is 12.1 Å². The van der Waals surface area contributed by atoms with Crippen molar-refractivity contribution in [2.45, 2.75) is 38.0 Å². The highest BCUT2D eigenvalue weighted by Crippen LogP contribution is 2.16. The predicted molar refractivity (Wildman–Crippen MR) is 75.0 cm³/mol. The lowest BCUT2D eigenvalue weighted by atomic mass is 10.1. The highest BCUT2D eigenvalue weighted by Gasteiger charge is 2.33. The fourth-order valence-electron chi connectivity index (χ4n) is 1.41. The van der Waals surface area contributed by atoms with Gasteiger partial charge in [-0.3, -0.25) is 4.79 Å². The number of sulfonamides is 1. The Bertz CT molecular complexity index is 572. The molecular formula is C13H19NO5S. The first kappa shape index (κ1) is 16.5. The van der Waals surface area contributed by atoms with Crippen molar-refractivity contribution in [3.05, 3.63) is 29.8 Å². The second kappa shape index (κ2) is 5.80. The molecule has 1 aromatic rings. The van der Waals surface area contributed by atoms with Crippen molar-refractivity contribution < 1.29 is 23.4 Å². The van der Waals surface area contributed by atoms with Crippen molar-refractivity contribution in [1.29, 1.82) is 0 Å². The Morgan fingerprint density at radius 3 is 2.15 bits per heavy atom. The number of phenolic OH excluding ortho intramolecular Hbond substituents is 1. The zero-order valence-electron chi connectivity index (χ0n) is 11.6. The molecule has 0 aromatic heterocycles. The van der Waals surface area contributed by atoms with Crippen LogP contribution in [0.3, 0.4) is 0 Å². The van der Waals surface area contributed by atoms with E-state index in [1.54, 1.807) is 12.1 Å². The van der Waals surface area contributed by atoms with Crippen molar-refractivity contribution in [3.8, 4) is 5.75 Å². The Kier molecular flexibility index (Phi) is 4.77. The molecule has 0 spiro atoms. The third-order valence-corrected chi connectivity index (χ3v) is 4.99. The SMILES string of the molecule is CC(C)(C)S(=O)(=O)NC(Cc1ccc(O)cc1)C(=O)O. The molecule has 0 fully saturated rings. The quantitative estimate of drug-likeness (QED) is 0.755.